The number of nitrogens with one attached hydrogen (secondary N) is 1. The minimum absolute atomic E-state index is 0.0549. The van der Waals surface area contributed by atoms with Gasteiger partial charge in [-0.05, 0) is 61.0 Å². The van der Waals surface area contributed by atoms with Gasteiger partial charge in [0.15, 0.2) is 0 Å². The highest BCUT2D eigenvalue weighted by Gasteiger charge is 2.18. The predicted molar refractivity (Wildman–Crippen MR) is 139 cm³/mol. The van der Waals surface area contributed by atoms with Gasteiger partial charge in [-0.2, -0.15) is 0 Å². The number of sulfonamides is 1. The largest absolute Gasteiger partial charge is 0.308 e. The topological polar surface area (TPSA) is 90.2 Å². The number of aryl methyl sites for hydroxylation is 1. The maximum Gasteiger partial charge on any atom is 0.308 e. The molecule has 0 unspecified atom stereocenters. The summed E-state index contributed by atoms with van der Waals surface area (Å²) in [6.45, 7) is 2.79. The van der Waals surface area contributed by atoms with E-state index in [1.807, 2.05) is 19.1 Å². The fourth-order valence-electron chi connectivity index (χ4n) is 3.78. The molecule has 174 valence electrons. The smallest absolute Gasteiger partial charge is 0.299 e. The van der Waals surface area contributed by atoms with Crippen LogP contribution in [0, 0.1) is 0 Å². The third kappa shape index (κ3) is 4.18. The van der Waals surface area contributed by atoms with Crippen LogP contribution in [0.2, 0.25) is 5.02 Å². The van der Waals surface area contributed by atoms with E-state index >= 15 is 0 Å². The van der Waals surface area contributed by atoms with Gasteiger partial charge in [-0.1, -0.05) is 46.4 Å². The maximum absolute atomic E-state index is 13.1. The maximum atomic E-state index is 13.1. The normalized spacial score (nSPS) is 11.9. The van der Waals surface area contributed by atoms with Crippen LogP contribution in [0.15, 0.2) is 75.1 Å². The highest BCUT2D eigenvalue weighted by atomic mass is 35.5. The lowest BCUT2D eigenvalue weighted by molar-refractivity contribution is 0.601. The molecule has 0 radical (unpaired) electrons. The number of hydrogen-bond acceptors (Lipinski definition) is 6. The average molecular weight is 532 g/mol. The zero-order chi connectivity index (χ0) is 24.0. The number of aromatic nitrogens is 2. The van der Waals surface area contributed by atoms with Gasteiger partial charge in [-0.25, -0.2) is 8.42 Å². The van der Waals surface area contributed by atoms with Crippen LogP contribution in [0.1, 0.15) is 12.5 Å². The number of anilines is 1. The van der Waals surface area contributed by atoms with Crippen molar-refractivity contribution in [3.05, 3.63) is 90.6 Å². The van der Waals surface area contributed by atoms with Gasteiger partial charge in [0.2, 0.25) is 0 Å². The molecule has 7 nitrogen and oxygen atoms in total. The van der Waals surface area contributed by atoms with Crippen LogP contribution in [0.3, 0.4) is 0 Å². The van der Waals surface area contributed by atoms with Crippen LogP contribution in [-0.2, 0) is 23.1 Å². The molecule has 0 atom stereocenters. The van der Waals surface area contributed by atoms with Gasteiger partial charge < -0.3 is 0 Å². The fourth-order valence-corrected chi connectivity index (χ4v) is 6.98. The van der Waals surface area contributed by atoms with Crippen molar-refractivity contribution in [1.29, 1.82) is 0 Å². The lowest BCUT2D eigenvalue weighted by atomic mass is 10.2. The summed E-state index contributed by atoms with van der Waals surface area (Å²) in [4.78, 5) is 24.5. The molecule has 5 aromatic rings. The van der Waals surface area contributed by atoms with Crippen LogP contribution in [0.4, 0.5) is 5.69 Å². The van der Waals surface area contributed by atoms with E-state index in [2.05, 4.69) is 4.72 Å². The minimum Gasteiger partial charge on any atom is -0.299 e. The van der Waals surface area contributed by atoms with E-state index in [0.717, 1.165) is 33.8 Å². The Morgan fingerprint density at radius 2 is 1.47 bits per heavy atom. The SMILES string of the molecule is CCn1c(=O)sc2cc(NS(=O)(=O)c3ccc4c(c3)sc(=O)n4Cc3ccc(Cl)cc3)ccc21. The van der Waals surface area contributed by atoms with Crippen molar-refractivity contribution in [2.45, 2.75) is 24.9 Å². The molecule has 0 bridgehead atoms. The van der Waals surface area contributed by atoms with Crippen molar-refractivity contribution >= 4 is 70.4 Å². The van der Waals surface area contributed by atoms with Gasteiger partial charge in [-0.3, -0.25) is 23.4 Å². The number of benzene rings is 3. The molecule has 2 aromatic heterocycles. The Balaban J connectivity index is 1.46. The summed E-state index contributed by atoms with van der Waals surface area (Å²) in [5, 5.41) is 0.616. The predicted octanol–water partition coefficient (Wildman–Crippen LogP) is 4.96. The molecule has 1 N–H and O–H groups in total. The molecule has 3 aromatic carbocycles. The standard InChI is InChI=1S/C23H18ClN3O4S3/c1-2-26-18-9-7-16(11-20(18)32-22(26)28)25-34(30,31)17-8-10-19-21(12-17)33-23(29)27(19)13-14-3-5-15(24)6-4-14/h3-12,25H,2,13H2,1H3. The number of rotatable bonds is 6. The molecule has 0 spiro atoms. The van der Waals surface area contributed by atoms with Gasteiger partial charge in [0.1, 0.15) is 0 Å². The summed E-state index contributed by atoms with van der Waals surface area (Å²) in [6.07, 6.45) is 0. The summed E-state index contributed by atoms with van der Waals surface area (Å²) in [6, 6.07) is 16.9. The first-order valence-corrected chi connectivity index (χ1v) is 13.8. The zero-order valence-electron chi connectivity index (χ0n) is 17.8. The van der Waals surface area contributed by atoms with E-state index in [1.165, 1.54) is 12.1 Å². The molecule has 2 heterocycles. The molecule has 11 heteroatoms. The summed E-state index contributed by atoms with van der Waals surface area (Å²) in [5.74, 6) is 0. The van der Waals surface area contributed by atoms with Crippen molar-refractivity contribution in [3.8, 4) is 0 Å². The van der Waals surface area contributed by atoms with Gasteiger partial charge >= 0.3 is 9.75 Å². The van der Waals surface area contributed by atoms with Crippen molar-refractivity contribution in [3.63, 3.8) is 0 Å². The van der Waals surface area contributed by atoms with Crippen LogP contribution < -0.4 is 14.5 Å². The summed E-state index contributed by atoms with van der Waals surface area (Å²) in [5.41, 5.74) is 2.72. The third-order valence-corrected chi connectivity index (χ3v) is 8.96. The van der Waals surface area contributed by atoms with Crippen LogP contribution in [0.5, 0.6) is 0 Å². The number of hydrogen-bond donors (Lipinski definition) is 1. The number of halogens is 1. The summed E-state index contributed by atoms with van der Waals surface area (Å²) >= 11 is 8.01. The molecule has 0 saturated heterocycles. The molecule has 0 saturated carbocycles. The molecule has 0 aliphatic carbocycles. The second-order valence-electron chi connectivity index (χ2n) is 7.61. The second kappa shape index (κ2) is 8.70. The van der Waals surface area contributed by atoms with Gasteiger partial charge in [0.05, 0.1) is 37.6 Å². The van der Waals surface area contributed by atoms with Crippen molar-refractivity contribution in [2.75, 3.05) is 4.72 Å². The monoisotopic (exact) mass is 531 g/mol. The van der Waals surface area contributed by atoms with E-state index < -0.39 is 10.0 Å². The second-order valence-corrected chi connectivity index (χ2v) is 11.7. The van der Waals surface area contributed by atoms with Crippen molar-refractivity contribution in [2.24, 2.45) is 0 Å². The molecule has 5 rings (SSSR count). The van der Waals surface area contributed by atoms with E-state index in [9.17, 15) is 18.0 Å². The van der Waals surface area contributed by atoms with Gasteiger partial charge in [0.25, 0.3) is 10.0 Å². The molecule has 0 aliphatic heterocycles. The Labute approximate surface area is 207 Å². The van der Waals surface area contributed by atoms with Gasteiger partial charge in [-0.15, -0.1) is 0 Å². The van der Waals surface area contributed by atoms with E-state index in [0.29, 0.717) is 38.7 Å². The number of fused-ring (bicyclic) bond motifs is 2. The molecule has 0 amide bonds. The Morgan fingerprint density at radius 1 is 0.853 bits per heavy atom. The molecular formula is C23H18ClN3O4S3. The van der Waals surface area contributed by atoms with E-state index in [-0.39, 0.29) is 14.6 Å². The third-order valence-electron chi connectivity index (χ3n) is 5.44. The highest BCUT2D eigenvalue weighted by Crippen LogP contribution is 2.26. The Bertz CT molecular complexity index is 1760. The zero-order valence-corrected chi connectivity index (χ0v) is 21.0. The van der Waals surface area contributed by atoms with Crippen LogP contribution in [-0.4, -0.2) is 17.6 Å². The quantitative estimate of drug-likeness (QED) is 0.335. The Hall–Kier alpha value is -2.92. The first kappa shape index (κ1) is 22.9. The summed E-state index contributed by atoms with van der Waals surface area (Å²) in [7, 11) is -3.90. The first-order valence-electron chi connectivity index (χ1n) is 10.3. The fraction of sp³-hybridized carbons (Fsp3) is 0.130. The lowest BCUT2D eigenvalue weighted by Gasteiger charge is -2.09. The minimum atomic E-state index is -3.90. The Morgan fingerprint density at radius 3 is 2.18 bits per heavy atom. The first-order chi connectivity index (χ1) is 16.2. The van der Waals surface area contributed by atoms with Gasteiger partial charge in [0, 0.05) is 11.6 Å². The van der Waals surface area contributed by atoms with Crippen LogP contribution in [0.25, 0.3) is 20.4 Å². The number of nitrogens with zero attached hydrogens (tertiary/aromatic N) is 2. The highest BCUT2D eigenvalue weighted by molar-refractivity contribution is 7.92. The lowest BCUT2D eigenvalue weighted by Crippen LogP contribution is -2.14. The number of thiazole rings is 2. The summed E-state index contributed by atoms with van der Waals surface area (Å²) < 4.78 is 33.2. The average Bonchev–Trinajstić information content (AvgIpc) is 3.28. The Kier molecular flexibility index (Phi) is 5.85. The van der Waals surface area contributed by atoms with E-state index in [4.69, 9.17) is 11.6 Å². The van der Waals surface area contributed by atoms with Crippen molar-refractivity contribution in [1.82, 2.24) is 9.13 Å². The molecule has 0 aliphatic rings. The molecule has 0 fully saturated rings. The molecule has 34 heavy (non-hydrogen) atoms. The van der Waals surface area contributed by atoms with E-state index in [1.54, 1.807) is 45.5 Å². The molecular weight excluding hydrogens is 514 g/mol. The van der Waals surface area contributed by atoms with Crippen LogP contribution >= 0.6 is 34.3 Å². The van der Waals surface area contributed by atoms with Crippen molar-refractivity contribution < 1.29 is 8.42 Å².